The van der Waals surface area contributed by atoms with Crippen LogP contribution in [0.1, 0.15) is 25.8 Å². The van der Waals surface area contributed by atoms with Crippen molar-refractivity contribution in [2.75, 3.05) is 13.1 Å². The molecule has 0 atom stereocenters. The Kier molecular flexibility index (Phi) is 5.61. The van der Waals surface area contributed by atoms with E-state index in [2.05, 4.69) is 11.8 Å². The molecule has 1 aromatic rings. The quantitative estimate of drug-likeness (QED) is 0.719. The van der Waals surface area contributed by atoms with Gasteiger partial charge in [-0.05, 0) is 42.7 Å². The van der Waals surface area contributed by atoms with E-state index in [1.54, 1.807) is 6.07 Å². The predicted octanol–water partition coefficient (Wildman–Crippen LogP) is 0.737. The maximum Gasteiger partial charge on any atom is 0.488 e. The first kappa shape index (κ1) is 14.2. The highest BCUT2D eigenvalue weighted by Crippen LogP contribution is 2.06. The summed E-state index contributed by atoms with van der Waals surface area (Å²) in [5.41, 5.74) is 1.01. The summed E-state index contributed by atoms with van der Waals surface area (Å²) in [4.78, 5) is 2.18. The largest absolute Gasteiger partial charge is 0.488 e. The van der Waals surface area contributed by atoms with E-state index in [-0.39, 0.29) is 5.46 Å². The summed E-state index contributed by atoms with van der Waals surface area (Å²) in [5, 5.41) is 18.4. The lowest BCUT2D eigenvalue weighted by Gasteiger charge is -2.21. The van der Waals surface area contributed by atoms with Crippen molar-refractivity contribution in [3.63, 3.8) is 0 Å². The fraction of sp³-hybridized carbons (Fsp3) is 0.500. The van der Waals surface area contributed by atoms with Crippen molar-refractivity contribution >= 4 is 12.6 Å². The molecule has 0 amide bonds. The number of nitrogens with zero attached hydrogens (tertiary/aromatic N) is 1. The maximum absolute atomic E-state index is 13.0. The zero-order chi connectivity index (χ0) is 12.8. The van der Waals surface area contributed by atoms with Gasteiger partial charge in [0.2, 0.25) is 0 Å². The Balaban J connectivity index is 2.88. The van der Waals surface area contributed by atoms with Gasteiger partial charge in [-0.3, -0.25) is 4.90 Å². The first-order valence-electron chi connectivity index (χ1n) is 5.95. The molecule has 1 aromatic carbocycles. The first-order chi connectivity index (χ1) is 8.08. The van der Waals surface area contributed by atoms with Gasteiger partial charge >= 0.3 is 7.12 Å². The summed E-state index contributed by atoms with van der Waals surface area (Å²) in [6, 6.07) is 4.14. The highest BCUT2D eigenvalue weighted by Gasteiger charge is 2.17. The molecule has 94 valence electrons. The summed E-state index contributed by atoms with van der Waals surface area (Å²) in [6.07, 6.45) is 1.03. The molecule has 3 nitrogen and oxygen atoms in total. The normalized spacial score (nSPS) is 10.9. The van der Waals surface area contributed by atoms with Gasteiger partial charge in [0, 0.05) is 6.54 Å². The van der Waals surface area contributed by atoms with Gasteiger partial charge in [-0.1, -0.05) is 19.9 Å². The lowest BCUT2D eigenvalue weighted by atomic mass is 9.77. The SMILES string of the molecule is CCCN(CC)Cc1ccc(F)cc1B(O)O. The van der Waals surface area contributed by atoms with Gasteiger partial charge in [-0.15, -0.1) is 0 Å². The predicted molar refractivity (Wildman–Crippen MR) is 67.5 cm³/mol. The summed E-state index contributed by atoms with van der Waals surface area (Å²) in [7, 11) is -1.62. The molecular formula is C12H19BFNO2. The van der Waals surface area contributed by atoms with Gasteiger partial charge < -0.3 is 10.0 Å². The molecule has 0 saturated carbocycles. The van der Waals surface area contributed by atoms with Crippen LogP contribution < -0.4 is 5.46 Å². The van der Waals surface area contributed by atoms with E-state index in [1.165, 1.54) is 12.1 Å². The topological polar surface area (TPSA) is 43.7 Å². The van der Waals surface area contributed by atoms with Crippen LogP contribution in [0.25, 0.3) is 0 Å². The maximum atomic E-state index is 13.0. The zero-order valence-corrected chi connectivity index (χ0v) is 10.4. The second-order valence-corrected chi connectivity index (χ2v) is 4.09. The van der Waals surface area contributed by atoms with Gasteiger partial charge in [0.15, 0.2) is 0 Å². The van der Waals surface area contributed by atoms with E-state index >= 15 is 0 Å². The van der Waals surface area contributed by atoms with Crippen molar-refractivity contribution in [3.8, 4) is 0 Å². The van der Waals surface area contributed by atoms with Crippen molar-refractivity contribution in [3.05, 3.63) is 29.6 Å². The minimum absolute atomic E-state index is 0.250. The Labute approximate surface area is 102 Å². The van der Waals surface area contributed by atoms with Gasteiger partial charge in [-0.25, -0.2) is 4.39 Å². The van der Waals surface area contributed by atoms with Crippen LogP contribution in [0.15, 0.2) is 18.2 Å². The van der Waals surface area contributed by atoms with Crippen LogP contribution in [0.2, 0.25) is 0 Å². The van der Waals surface area contributed by atoms with Gasteiger partial charge in [0.1, 0.15) is 5.82 Å². The number of rotatable bonds is 6. The summed E-state index contributed by atoms with van der Waals surface area (Å²) in [6.45, 7) is 6.57. The van der Waals surface area contributed by atoms with Crippen molar-refractivity contribution < 1.29 is 14.4 Å². The summed E-state index contributed by atoms with van der Waals surface area (Å²) in [5.74, 6) is -0.449. The monoisotopic (exact) mass is 239 g/mol. The number of hydrogen-bond donors (Lipinski definition) is 2. The van der Waals surface area contributed by atoms with Crippen LogP contribution >= 0.6 is 0 Å². The molecule has 0 aromatic heterocycles. The van der Waals surface area contributed by atoms with E-state index in [0.29, 0.717) is 6.54 Å². The summed E-state index contributed by atoms with van der Waals surface area (Å²) >= 11 is 0. The van der Waals surface area contributed by atoms with Crippen LogP contribution in [-0.4, -0.2) is 35.2 Å². The molecule has 0 saturated heterocycles. The van der Waals surface area contributed by atoms with Crippen molar-refractivity contribution in [1.29, 1.82) is 0 Å². The first-order valence-corrected chi connectivity index (χ1v) is 5.95. The third-order valence-corrected chi connectivity index (χ3v) is 2.77. The average Bonchev–Trinajstić information content (AvgIpc) is 2.30. The Morgan fingerprint density at radius 3 is 2.53 bits per heavy atom. The molecule has 1 rings (SSSR count). The molecule has 0 aliphatic heterocycles. The highest BCUT2D eigenvalue weighted by molar-refractivity contribution is 6.59. The van der Waals surface area contributed by atoms with E-state index in [0.717, 1.165) is 25.1 Å². The van der Waals surface area contributed by atoms with Crippen LogP contribution in [0.3, 0.4) is 0 Å². The second-order valence-electron chi connectivity index (χ2n) is 4.09. The molecule has 0 aliphatic carbocycles. The van der Waals surface area contributed by atoms with Crippen molar-refractivity contribution in [2.45, 2.75) is 26.8 Å². The summed E-state index contributed by atoms with van der Waals surface area (Å²) < 4.78 is 13.0. The van der Waals surface area contributed by atoms with E-state index in [9.17, 15) is 14.4 Å². The smallest absolute Gasteiger partial charge is 0.423 e. The Morgan fingerprint density at radius 2 is 2.00 bits per heavy atom. The van der Waals surface area contributed by atoms with Crippen LogP contribution in [0.4, 0.5) is 4.39 Å². The standard InChI is InChI=1S/C12H19BFNO2/c1-3-7-15(4-2)9-10-5-6-11(14)8-12(10)13(16)17/h5-6,8,16-17H,3-4,7,9H2,1-2H3. The van der Waals surface area contributed by atoms with Gasteiger partial charge in [0.05, 0.1) is 0 Å². The molecule has 5 heteroatoms. The van der Waals surface area contributed by atoms with Crippen molar-refractivity contribution in [1.82, 2.24) is 4.90 Å². The highest BCUT2D eigenvalue weighted by atomic mass is 19.1. The van der Waals surface area contributed by atoms with Gasteiger partial charge in [-0.2, -0.15) is 0 Å². The average molecular weight is 239 g/mol. The molecule has 2 N–H and O–H groups in total. The fourth-order valence-electron chi connectivity index (χ4n) is 1.86. The van der Waals surface area contributed by atoms with Crippen LogP contribution in [0, 0.1) is 5.82 Å². The molecule has 0 radical (unpaired) electrons. The van der Waals surface area contributed by atoms with Crippen molar-refractivity contribution in [2.24, 2.45) is 0 Å². The van der Waals surface area contributed by atoms with E-state index in [4.69, 9.17) is 0 Å². The Bertz CT molecular complexity index is 360. The number of benzene rings is 1. The Hall–Kier alpha value is -0.905. The van der Waals surface area contributed by atoms with E-state index in [1.807, 2.05) is 6.92 Å². The minimum Gasteiger partial charge on any atom is -0.423 e. The number of hydrogen-bond acceptors (Lipinski definition) is 3. The molecule has 0 bridgehead atoms. The lowest BCUT2D eigenvalue weighted by molar-refractivity contribution is 0.281. The molecule has 0 heterocycles. The third-order valence-electron chi connectivity index (χ3n) is 2.77. The molecule has 0 aliphatic rings. The van der Waals surface area contributed by atoms with E-state index < -0.39 is 12.9 Å². The van der Waals surface area contributed by atoms with Crippen LogP contribution in [-0.2, 0) is 6.54 Å². The Morgan fingerprint density at radius 1 is 1.29 bits per heavy atom. The molecule has 17 heavy (non-hydrogen) atoms. The fourth-order valence-corrected chi connectivity index (χ4v) is 1.86. The molecule has 0 fully saturated rings. The number of halogens is 1. The minimum atomic E-state index is -1.62. The molecular weight excluding hydrogens is 220 g/mol. The lowest BCUT2D eigenvalue weighted by Crippen LogP contribution is -2.36. The van der Waals surface area contributed by atoms with Crippen LogP contribution in [0.5, 0.6) is 0 Å². The second kappa shape index (κ2) is 6.74. The molecule has 0 unspecified atom stereocenters. The molecule has 0 spiro atoms. The third kappa shape index (κ3) is 4.11. The van der Waals surface area contributed by atoms with Gasteiger partial charge in [0.25, 0.3) is 0 Å². The zero-order valence-electron chi connectivity index (χ0n) is 10.4.